The van der Waals surface area contributed by atoms with Crippen LogP contribution in [-0.2, 0) is 4.79 Å². The van der Waals surface area contributed by atoms with Gasteiger partial charge in [-0.3, -0.25) is 4.79 Å². The standard InChI is InChI=1S/C19H16BrNO4/c1-11-9-18(22)25-17-10-13(7-8-14(11)17)24-12(2)19(23)21-16-6-4-3-5-15(16)20/h3-10,12H,1-2H3,(H,21,23). The van der Waals surface area contributed by atoms with Crippen LogP contribution in [0.4, 0.5) is 5.69 Å². The molecule has 0 aliphatic carbocycles. The molecule has 0 spiro atoms. The molecule has 0 radical (unpaired) electrons. The van der Waals surface area contributed by atoms with Gasteiger partial charge in [-0.2, -0.15) is 0 Å². The van der Waals surface area contributed by atoms with Crippen LogP contribution in [0.2, 0.25) is 0 Å². The van der Waals surface area contributed by atoms with Crippen LogP contribution in [0.3, 0.4) is 0 Å². The van der Waals surface area contributed by atoms with E-state index in [0.717, 1.165) is 15.4 Å². The number of aryl methyl sites for hydroxylation is 1. The van der Waals surface area contributed by atoms with E-state index < -0.39 is 11.7 Å². The van der Waals surface area contributed by atoms with Crippen molar-refractivity contribution in [1.29, 1.82) is 0 Å². The molecular formula is C19H16BrNO4. The zero-order chi connectivity index (χ0) is 18.0. The molecule has 5 nitrogen and oxygen atoms in total. The van der Waals surface area contributed by atoms with Gasteiger partial charge in [0.15, 0.2) is 6.10 Å². The molecule has 1 amide bonds. The molecule has 25 heavy (non-hydrogen) atoms. The van der Waals surface area contributed by atoms with Crippen molar-refractivity contribution in [3.05, 3.63) is 69.0 Å². The molecule has 0 aliphatic heterocycles. The Morgan fingerprint density at radius 1 is 1.20 bits per heavy atom. The van der Waals surface area contributed by atoms with Crippen LogP contribution in [0.1, 0.15) is 12.5 Å². The normalized spacial score (nSPS) is 12.0. The highest BCUT2D eigenvalue weighted by molar-refractivity contribution is 9.10. The Morgan fingerprint density at radius 3 is 2.72 bits per heavy atom. The summed E-state index contributed by atoms with van der Waals surface area (Å²) in [7, 11) is 0. The fraction of sp³-hybridized carbons (Fsp3) is 0.158. The Hall–Kier alpha value is -2.60. The molecule has 1 heterocycles. The minimum Gasteiger partial charge on any atom is -0.481 e. The molecule has 1 unspecified atom stereocenters. The molecule has 1 atom stereocenters. The van der Waals surface area contributed by atoms with Gasteiger partial charge in [0.2, 0.25) is 0 Å². The maximum atomic E-state index is 12.3. The maximum Gasteiger partial charge on any atom is 0.336 e. The number of amides is 1. The first-order valence-electron chi connectivity index (χ1n) is 7.70. The Kier molecular flexibility index (Phi) is 4.90. The van der Waals surface area contributed by atoms with Gasteiger partial charge in [0.05, 0.1) is 5.69 Å². The van der Waals surface area contributed by atoms with E-state index in [9.17, 15) is 9.59 Å². The van der Waals surface area contributed by atoms with E-state index in [1.54, 1.807) is 31.2 Å². The predicted molar refractivity (Wildman–Crippen MR) is 100 cm³/mol. The van der Waals surface area contributed by atoms with Crippen molar-refractivity contribution in [2.45, 2.75) is 20.0 Å². The number of carbonyl (C=O) groups is 1. The molecule has 0 fully saturated rings. The summed E-state index contributed by atoms with van der Waals surface area (Å²) in [4.78, 5) is 23.8. The van der Waals surface area contributed by atoms with Crippen LogP contribution in [0, 0.1) is 6.92 Å². The lowest BCUT2D eigenvalue weighted by Crippen LogP contribution is -2.30. The number of fused-ring (bicyclic) bond motifs is 1. The van der Waals surface area contributed by atoms with Crippen LogP contribution in [-0.4, -0.2) is 12.0 Å². The lowest BCUT2D eigenvalue weighted by atomic mass is 10.1. The van der Waals surface area contributed by atoms with Crippen molar-refractivity contribution in [2.24, 2.45) is 0 Å². The Labute approximate surface area is 152 Å². The summed E-state index contributed by atoms with van der Waals surface area (Å²) in [6.07, 6.45) is -0.721. The smallest absolute Gasteiger partial charge is 0.336 e. The average molecular weight is 402 g/mol. The van der Waals surface area contributed by atoms with E-state index in [1.165, 1.54) is 6.07 Å². The van der Waals surface area contributed by atoms with Crippen molar-refractivity contribution >= 4 is 38.5 Å². The highest BCUT2D eigenvalue weighted by atomic mass is 79.9. The van der Waals surface area contributed by atoms with Gasteiger partial charge >= 0.3 is 5.63 Å². The largest absolute Gasteiger partial charge is 0.481 e. The number of para-hydroxylation sites is 1. The zero-order valence-electron chi connectivity index (χ0n) is 13.7. The maximum absolute atomic E-state index is 12.3. The molecule has 1 N–H and O–H groups in total. The number of ether oxygens (including phenoxy) is 1. The van der Waals surface area contributed by atoms with Gasteiger partial charge in [-0.05, 0) is 59.6 Å². The van der Waals surface area contributed by atoms with Gasteiger partial charge in [0.1, 0.15) is 11.3 Å². The molecule has 3 aromatic rings. The molecular weight excluding hydrogens is 386 g/mol. The predicted octanol–water partition coefficient (Wildman–Crippen LogP) is 4.27. The number of nitrogens with one attached hydrogen (secondary N) is 1. The Bertz CT molecular complexity index is 996. The fourth-order valence-corrected chi connectivity index (χ4v) is 2.82. The van der Waals surface area contributed by atoms with Crippen molar-refractivity contribution in [3.8, 4) is 5.75 Å². The van der Waals surface area contributed by atoms with E-state index in [-0.39, 0.29) is 5.91 Å². The van der Waals surface area contributed by atoms with E-state index in [0.29, 0.717) is 17.0 Å². The quantitative estimate of drug-likeness (QED) is 0.662. The van der Waals surface area contributed by atoms with Crippen molar-refractivity contribution in [2.75, 3.05) is 5.32 Å². The molecule has 0 saturated heterocycles. The molecule has 0 saturated carbocycles. The lowest BCUT2D eigenvalue weighted by molar-refractivity contribution is -0.122. The van der Waals surface area contributed by atoms with E-state index in [1.807, 2.05) is 25.1 Å². The van der Waals surface area contributed by atoms with Gasteiger partial charge in [0, 0.05) is 22.0 Å². The third-order valence-electron chi connectivity index (χ3n) is 3.74. The summed E-state index contributed by atoms with van der Waals surface area (Å²) in [5, 5.41) is 3.63. The second-order valence-corrected chi connectivity index (χ2v) is 6.49. The SMILES string of the molecule is Cc1cc(=O)oc2cc(OC(C)C(=O)Nc3ccccc3Br)ccc12. The summed E-state index contributed by atoms with van der Waals surface area (Å²) in [6, 6.07) is 13.9. The van der Waals surface area contributed by atoms with E-state index in [2.05, 4.69) is 21.2 Å². The number of halogens is 1. The van der Waals surface area contributed by atoms with E-state index in [4.69, 9.17) is 9.15 Å². The summed E-state index contributed by atoms with van der Waals surface area (Å²) in [5.41, 5.74) is 1.52. The average Bonchev–Trinajstić information content (AvgIpc) is 2.56. The highest BCUT2D eigenvalue weighted by Gasteiger charge is 2.16. The molecule has 6 heteroatoms. The van der Waals surface area contributed by atoms with Crippen LogP contribution >= 0.6 is 15.9 Å². The highest BCUT2D eigenvalue weighted by Crippen LogP contribution is 2.24. The Morgan fingerprint density at radius 2 is 1.96 bits per heavy atom. The van der Waals surface area contributed by atoms with Gasteiger partial charge in [-0.25, -0.2) is 4.79 Å². The minimum atomic E-state index is -0.721. The van der Waals surface area contributed by atoms with Crippen molar-refractivity contribution in [3.63, 3.8) is 0 Å². The van der Waals surface area contributed by atoms with Crippen LogP contribution in [0.25, 0.3) is 11.0 Å². The number of anilines is 1. The molecule has 2 aromatic carbocycles. The molecule has 0 aliphatic rings. The summed E-state index contributed by atoms with van der Waals surface area (Å²) in [5.74, 6) is 0.175. The summed E-state index contributed by atoms with van der Waals surface area (Å²) < 4.78 is 11.7. The first-order chi connectivity index (χ1) is 11.9. The number of carbonyl (C=O) groups excluding carboxylic acids is 1. The number of hydrogen-bond acceptors (Lipinski definition) is 4. The third kappa shape index (κ3) is 3.91. The fourth-order valence-electron chi connectivity index (χ4n) is 2.43. The minimum absolute atomic E-state index is 0.280. The second-order valence-electron chi connectivity index (χ2n) is 5.64. The van der Waals surface area contributed by atoms with Crippen LogP contribution in [0.5, 0.6) is 5.75 Å². The zero-order valence-corrected chi connectivity index (χ0v) is 15.3. The van der Waals surface area contributed by atoms with Crippen molar-refractivity contribution in [1.82, 2.24) is 0 Å². The van der Waals surface area contributed by atoms with Gasteiger partial charge < -0.3 is 14.5 Å². The number of rotatable bonds is 4. The van der Waals surface area contributed by atoms with Gasteiger partial charge in [0.25, 0.3) is 5.91 Å². The Balaban J connectivity index is 1.77. The lowest BCUT2D eigenvalue weighted by Gasteiger charge is -2.15. The molecule has 3 rings (SSSR count). The molecule has 0 bridgehead atoms. The van der Waals surface area contributed by atoms with Gasteiger partial charge in [-0.1, -0.05) is 12.1 Å². The van der Waals surface area contributed by atoms with E-state index >= 15 is 0 Å². The molecule has 1 aromatic heterocycles. The number of benzene rings is 2. The topological polar surface area (TPSA) is 68.5 Å². The monoisotopic (exact) mass is 401 g/mol. The van der Waals surface area contributed by atoms with Crippen LogP contribution < -0.4 is 15.7 Å². The number of hydrogen-bond donors (Lipinski definition) is 1. The van der Waals surface area contributed by atoms with Crippen LogP contribution in [0.15, 0.2) is 62.2 Å². The summed E-state index contributed by atoms with van der Waals surface area (Å²) in [6.45, 7) is 3.50. The first kappa shape index (κ1) is 17.2. The first-order valence-corrected chi connectivity index (χ1v) is 8.50. The van der Waals surface area contributed by atoms with Gasteiger partial charge in [-0.15, -0.1) is 0 Å². The third-order valence-corrected chi connectivity index (χ3v) is 4.43. The second kappa shape index (κ2) is 7.11. The molecule has 128 valence electrons. The van der Waals surface area contributed by atoms with Crippen molar-refractivity contribution < 1.29 is 13.9 Å². The summed E-state index contributed by atoms with van der Waals surface area (Å²) >= 11 is 3.38.